The maximum absolute atomic E-state index is 13.3. The zero-order chi connectivity index (χ0) is 16.6. The molecule has 0 radical (unpaired) electrons. The standard InChI is InChI=1S/C19H24N4O/c20-13-19(8-4-9-19)15-6-1-2-12-23(15)18(24)17-16-14(7-11-22-17)5-3-10-21-16/h3,5,7,10-11,15H,1-2,4,6,8-9,12-13,20H2. The van der Waals surface area contributed by atoms with Crippen molar-refractivity contribution in [1.29, 1.82) is 0 Å². The summed E-state index contributed by atoms with van der Waals surface area (Å²) in [5.41, 5.74) is 7.42. The number of rotatable bonds is 3. The Morgan fingerprint density at radius 3 is 2.83 bits per heavy atom. The summed E-state index contributed by atoms with van der Waals surface area (Å²) in [6.45, 7) is 1.47. The molecule has 1 aliphatic carbocycles. The number of piperidine rings is 1. The molecule has 1 atom stereocenters. The third-order valence-corrected chi connectivity index (χ3v) is 5.95. The molecule has 2 aliphatic rings. The van der Waals surface area contributed by atoms with E-state index in [4.69, 9.17) is 5.73 Å². The molecule has 1 aliphatic heterocycles. The minimum atomic E-state index is 0.0173. The van der Waals surface area contributed by atoms with E-state index in [0.717, 1.165) is 37.6 Å². The number of hydrogen-bond donors (Lipinski definition) is 1. The fourth-order valence-corrected chi connectivity index (χ4v) is 4.41. The van der Waals surface area contributed by atoms with Crippen LogP contribution in [0.25, 0.3) is 10.9 Å². The van der Waals surface area contributed by atoms with Gasteiger partial charge in [0.25, 0.3) is 5.91 Å². The first-order chi connectivity index (χ1) is 11.7. The van der Waals surface area contributed by atoms with Gasteiger partial charge in [-0.05, 0) is 50.8 Å². The predicted molar refractivity (Wildman–Crippen MR) is 93.6 cm³/mol. The van der Waals surface area contributed by atoms with Crippen LogP contribution in [0.1, 0.15) is 49.0 Å². The molecular weight excluding hydrogens is 300 g/mol. The van der Waals surface area contributed by atoms with Crippen molar-refractivity contribution >= 4 is 16.8 Å². The Morgan fingerprint density at radius 2 is 2.08 bits per heavy atom. The van der Waals surface area contributed by atoms with Crippen LogP contribution in [0, 0.1) is 5.41 Å². The van der Waals surface area contributed by atoms with Crippen molar-refractivity contribution in [3.63, 3.8) is 0 Å². The van der Waals surface area contributed by atoms with E-state index in [1.54, 1.807) is 12.4 Å². The van der Waals surface area contributed by atoms with Gasteiger partial charge in [0.1, 0.15) is 5.52 Å². The van der Waals surface area contributed by atoms with Gasteiger partial charge >= 0.3 is 0 Å². The van der Waals surface area contributed by atoms with Crippen LogP contribution in [0.3, 0.4) is 0 Å². The van der Waals surface area contributed by atoms with Crippen LogP contribution in [0.4, 0.5) is 0 Å². The monoisotopic (exact) mass is 324 g/mol. The fraction of sp³-hybridized carbons (Fsp3) is 0.526. The van der Waals surface area contributed by atoms with Gasteiger partial charge in [0.15, 0.2) is 5.69 Å². The predicted octanol–water partition coefficient (Wildman–Crippen LogP) is 2.75. The van der Waals surface area contributed by atoms with Gasteiger partial charge in [-0.2, -0.15) is 0 Å². The second-order valence-corrected chi connectivity index (χ2v) is 7.16. The molecule has 5 heteroatoms. The smallest absolute Gasteiger partial charge is 0.274 e. The summed E-state index contributed by atoms with van der Waals surface area (Å²) in [6, 6.07) is 6.01. The van der Waals surface area contributed by atoms with E-state index >= 15 is 0 Å². The summed E-state index contributed by atoms with van der Waals surface area (Å²) >= 11 is 0. The van der Waals surface area contributed by atoms with Crippen LogP contribution < -0.4 is 5.73 Å². The molecule has 4 rings (SSSR count). The molecule has 1 saturated heterocycles. The minimum Gasteiger partial charge on any atom is -0.334 e. The molecule has 0 aromatic carbocycles. The van der Waals surface area contributed by atoms with Crippen LogP contribution in [-0.2, 0) is 0 Å². The number of fused-ring (bicyclic) bond motifs is 1. The quantitative estimate of drug-likeness (QED) is 0.942. The van der Waals surface area contributed by atoms with Crippen molar-refractivity contribution < 1.29 is 4.79 Å². The second-order valence-electron chi connectivity index (χ2n) is 7.16. The summed E-state index contributed by atoms with van der Waals surface area (Å²) in [5.74, 6) is 0.0173. The lowest BCUT2D eigenvalue weighted by Gasteiger charge is -2.53. The molecule has 24 heavy (non-hydrogen) atoms. The zero-order valence-electron chi connectivity index (χ0n) is 13.9. The van der Waals surface area contributed by atoms with Crippen molar-refractivity contribution in [2.24, 2.45) is 11.1 Å². The highest BCUT2D eigenvalue weighted by atomic mass is 16.2. The van der Waals surface area contributed by atoms with Crippen molar-refractivity contribution in [3.05, 3.63) is 36.3 Å². The Hall–Kier alpha value is -2.01. The maximum atomic E-state index is 13.3. The molecule has 1 unspecified atom stereocenters. The largest absolute Gasteiger partial charge is 0.334 e. The van der Waals surface area contributed by atoms with Crippen LogP contribution in [0.5, 0.6) is 0 Å². The Labute approximate surface area is 142 Å². The van der Waals surface area contributed by atoms with Gasteiger partial charge in [0.05, 0.1) is 0 Å². The van der Waals surface area contributed by atoms with E-state index in [9.17, 15) is 4.79 Å². The topological polar surface area (TPSA) is 72.1 Å². The number of hydrogen-bond acceptors (Lipinski definition) is 4. The Kier molecular flexibility index (Phi) is 3.96. The number of aromatic nitrogens is 2. The van der Waals surface area contributed by atoms with Gasteiger partial charge in [0, 0.05) is 35.8 Å². The first-order valence-electron chi connectivity index (χ1n) is 8.96. The molecule has 2 fully saturated rings. The third-order valence-electron chi connectivity index (χ3n) is 5.95. The number of pyridine rings is 2. The first kappa shape index (κ1) is 15.5. The molecule has 1 saturated carbocycles. The summed E-state index contributed by atoms with van der Waals surface area (Å²) in [4.78, 5) is 24.1. The molecule has 0 bridgehead atoms. The fourth-order valence-electron chi connectivity index (χ4n) is 4.41. The van der Waals surface area contributed by atoms with Crippen LogP contribution in [-0.4, -0.2) is 39.9 Å². The zero-order valence-corrected chi connectivity index (χ0v) is 13.9. The molecular formula is C19H24N4O. The van der Waals surface area contributed by atoms with Crippen LogP contribution in [0.15, 0.2) is 30.6 Å². The molecule has 0 spiro atoms. The minimum absolute atomic E-state index is 0.0173. The Morgan fingerprint density at radius 1 is 1.21 bits per heavy atom. The first-order valence-corrected chi connectivity index (χ1v) is 8.96. The SMILES string of the molecule is NCC1(C2CCCCN2C(=O)c2nccc3cccnc23)CCC1. The summed E-state index contributed by atoms with van der Waals surface area (Å²) in [7, 11) is 0. The van der Waals surface area contributed by atoms with Gasteiger partial charge < -0.3 is 10.6 Å². The average molecular weight is 324 g/mol. The Balaban J connectivity index is 1.71. The van der Waals surface area contributed by atoms with E-state index in [-0.39, 0.29) is 17.4 Å². The van der Waals surface area contributed by atoms with E-state index in [1.807, 2.05) is 23.1 Å². The normalized spacial score (nSPS) is 23.0. The number of nitrogens with zero attached hydrogens (tertiary/aromatic N) is 3. The van der Waals surface area contributed by atoms with E-state index < -0.39 is 0 Å². The molecule has 2 aromatic heterocycles. The summed E-state index contributed by atoms with van der Waals surface area (Å²) in [5, 5.41) is 0.960. The lowest BCUT2D eigenvalue weighted by Crippen LogP contribution is -2.58. The van der Waals surface area contributed by atoms with E-state index in [2.05, 4.69) is 9.97 Å². The highest BCUT2D eigenvalue weighted by Crippen LogP contribution is 2.47. The Bertz CT molecular complexity index is 745. The number of amides is 1. The van der Waals surface area contributed by atoms with Gasteiger partial charge in [-0.1, -0.05) is 12.5 Å². The van der Waals surface area contributed by atoms with Crippen molar-refractivity contribution in [1.82, 2.24) is 14.9 Å². The molecule has 3 heterocycles. The van der Waals surface area contributed by atoms with E-state index in [0.29, 0.717) is 17.8 Å². The number of carbonyl (C=O) groups is 1. The second kappa shape index (κ2) is 6.13. The maximum Gasteiger partial charge on any atom is 0.274 e. The number of nitrogens with two attached hydrogens (primary N) is 1. The highest BCUT2D eigenvalue weighted by Gasteiger charge is 2.47. The number of carbonyl (C=O) groups excluding carboxylic acids is 1. The van der Waals surface area contributed by atoms with Crippen molar-refractivity contribution in [2.45, 2.75) is 44.6 Å². The van der Waals surface area contributed by atoms with Crippen LogP contribution in [0.2, 0.25) is 0 Å². The number of likely N-dealkylation sites (tertiary alicyclic amines) is 1. The van der Waals surface area contributed by atoms with Crippen molar-refractivity contribution in [2.75, 3.05) is 13.1 Å². The summed E-state index contributed by atoms with van der Waals surface area (Å²) < 4.78 is 0. The molecule has 2 N–H and O–H groups in total. The van der Waals surface area contributed by atoms with Gasteiger partial charge in [0.2, 0.25) is 0 Å². The van der Waals surface area contributed by atoms with Gasteiger partial charge in [-0.3, -0.25) is 9.78 Å². The van der Waals surface area contributed by atoms with Gasteiger partial charge in [-0.15, -0.1) is 0 Å². The van der Waals surface area contributed by atoms with E-state index in [1.165, 1.54) is 12.8 Å². The third kappa shape index (κ3) is 2.38. The average Bonchev–Trinajstić information content (AvgIpc) is 2.61. The summed E-state index contributed by atoms with van der Waals surface area (Å²) in [6.07, 6.45) is 10.2. The highest BCUT2D eigenvalue weighted by molar-refractivity contribution is 6.03. The van der Waals surface area contributed by atoms with Crippen LogP contribution >= 0.6 is 0 Å². The molecule has 2 aromatic rings. The molecule has 5 nitrogen and oxygen atoms in total. The lowest BCUT2D eigenvalue weighted by molar-refractivity contribution is -0.00896. The van der Waals surface area contributed by atoms with Gasteiger partial charge in [-0.25, -0.2) is 4.98 Å². The lowest BCUT2D eigenvalue weighted by atomic mass is 9.62. The van der Waals surface area contributed by atoms with Crippen molar-refractivity contribution in [3.8, 4) is 0 Å². The molecule has 1 amide bonds. The molecule has 126 valence electrons.